The zero-order chi connectivity index (χ0) is 30.9. The van der Waals surface area contributed by atoms with Crippen molar-refractivity contribution in [1.29, 1.82) is 0 Å². The normalized spacial score (nSPS) is 12.2. The lowest BCUT2D eigenvalue weighted by molar-refractivity contribution is -0.141. The Kier molecular flexibility index (Phi) is 12.2. The number of halogens is 1. The van der Waals surface area contributed by atoms with E-state index in [0.717, 1.165) is 26.7 Å². The molecule has 0 bridgehead atoms. The zero-order valence-corrected chi connectivity index (χ0v) is 27.5. The molecular formula is C33H42BrN3O4S. The van der Waals surface area contributed by atoms with Crippen molar-refractivity contribution in [2.75, 3.05) is 23.7 Å². The summed E-state index contributed by atoms with van der Waals surface area (Å²) in [4.78, 5) is 29.2. The number of carbonyl (C=O) groups excluding carboxylic acids is 2. The average molecular weight is 657 g/mol. The minimum Gasteiger partial charge on any atom is -0.354 e. The highest BCUT2D eigenvalue weighted by atomic mass is 79.9. The van der Waals surface area contributed by atoms with Crippen molar-refractivity contribution < 1.29 is 18.0 Å². The van der Waals surface area contributed by atoms with Crippen LogP contribution >= 0.6 is 15.9 Å². The molecule has 0 spiro atoms. The van der Waals surface area contributed by atoms with Gasteiger partial charge in [-0.3, -0.25) is 13.9 Å². The lowest BCUT2D eigenvalue weighted by atomic mass is 10.0. The highest BCUT2D eigenvalue weighted by Crippen LogP contribution is 2.26. The Balaban J connectivity index is 1.90. The van der Waals surface area contributed by atoms with Crippen LogP contribution in [0.5, 0.6) is 0 Å². The molecule has 2 amide bonds. The van der Waals surface area contributed by atoms with Crippen molar-refractivity contribution >= 4 is 43.5 Å². The van der Waals surface area contributed by atoms with Gasteiger partial charge < -0.3 is 10.2 Å². The van der Waals surface area contributed by atoms with Gasteiger partial charge in [-0.25, -0.2) is 8.42 Å². The van der Waals surface area contributed by atoms with E-state index >= 15 is 0 Å². The fraction of sp³-hybridized carbons (Fsp3) is 0.394. The van der Waals surface area contributed by atoms with Crippen molar-refractivity contribution in [1.82, 2.24) is 10.2 Å². The second-order valence-corrected chi connectivity index (χ2v) is 14.0. The van der Waals surface area contributed by atoms with Gasteiger partial charge >= 0.3 is 0 Å². The van der Waals surface area contributed by atoms with Crippen LogP contribution in [0.2, 0.25) is 0 Å². The van der Waals surface area contributed by atoms with Crippen LogP contribution in [0.15, 0.2) is 77.3 Å². The molecule has 3 rings (SSSR count). The fourth-order valence-electron chi connectivity index (χ4n) is 4.80. The van der Waals surface area contributed by atoms with Crippen LogP contribution in [-0.4, -0.2) is 50.5 Å². The summed E-state index contributed by atoms with van der Waals surface area (Å²) >= 11 is 3.51. The molecule has 9 heteroatoms. The molecule has 3 aromatic rings. The Bertz CT molecular complexity index is 1460. The van der Waals surface area contributed by atoms with Gasteiger partial charge in [-0.1, -0.05) is 84.4 Å². The summed E-state index contributed by atoms with van der Waals surface area (Å²) in [7, 11) is -3.58. The maximum atomic E-state index is 14.0. The van der Waals surface area contributed by atoms with Gasteiger partial charge in [0.05, 0.1) is 11.9 Å². The molecule has 1 atom stereocenters. The fourth-order valence-corrected chi connectivity index (χ4v) is 6.26. The summed E-state index contributed by atoms with van der Waals surface area (Å²) in [6.07, 6.45) is 1.95. The van der Waals surface area contributed by atoms with Crippen LogP contribution in [0.25, 0.3) is 0 Å². The lowest BCUT2D eigenvalue weighted by Gasteiger charge is -2.32. The molecule has 42 heavy (non-hydrogen) atoms. The molecule has 1 N–H and O–H groups in total. The van der Waals surface area contributed by atoms with Crippen molar-refractivity contribution in [2.24, 2.45) is 5.92 Å². The second kappa shape index (κ2) is 15.3. The van der Waals surface area contributed by atoms with Gasteiger partial charge in [0.2, 0.25) is 21.8 Å². The molecule has 0 aliphatic heterocycles. The molecule has 0 aliphatic carbocycles. The minimum atomic E-state index is -3.58. The van der Waals surface area contributed by atoms with Crippen LogP contribution in [0.3, 0.4) is 0 Å². The van der Waals surface area contributed by atoms with Gasteiger partial charge in [0, 0.05) is 36.9 Å². The highest BCUT2D eigenvalue weighted by molar-refractivity contribution is 9.10. The SMILES string of the molecule is Cc1cccc(N(CCCC(=O)N(Cc2cccc(Br)c2)[C@@H](Cc2ccccc2)C(=O)NCC(C)C)S(C)(=O)=O)c1C. The first-order valence-corrected chi connectivity index (χ1v) is 16.9. The van der Waals surface area contributed by atoms with Crippen LogP contribution in [-0.2, 0) is 32.6 Å². The lowest BCUT2D eigenvalue weighted by Crippen LogP contribution is -2.51. The molecule has 226 valence electrons. The monoisotopic (exact) mass is 655 g/mol. The Morgan fingerprint density at radius 2 is 1.60 bits per heavy atom. The molecule has 0 aliphatic rings. The maximum Gasteiger partial charge on any atom is 0.243 e. The number of carbonyl (C=O) groups is 2. The third kappa shape index (κ3) is 9.70. The van der Waals surface area contributed by atoms with E-state index in [0.29, 0.717) is 25.1 Å². The van der Waals surface area contributed by atoms with Gasteiger partial charge in [0.15, 0.2) is 0 Å². The number of sulfonamides is 1. The van der Waals surface area contributed by atoms with Crippen LogP contribution in [0.1, 0.15) is 48.9 Å². The quantitative estimate of drug-likeness (QED) is 0.230. The summed E-state index contributed by atoms with van der Waals surface area (Å²) in [6, 6.07) is 22.2. The standard InChI is InChI=1S/C33H42BrN3O4S/c1-24(2)22-35-33(39)31(21-27-13-7-6-8-14-27)36(23-28-15-10-16-29(34)20-28)32(38)18-11-19-37(42(5,40)41)30-17-9-12-25(3)26(30)4/h6-10,12-17,20,24,31H,11,18-19,21-23H2,1-5H3,(H,35,39)/t31-/m0/s1. The number of nitrogens with one attached hydrogen (secondary N) is 1. The average Bonchev–Trinajstić information content (AvgIpc) is 2.93. The van der Waals surface area contributed by atoms with E-state index in [9.17, 15) is 18.0 Å². The first kappa shape index (κ1) is 33.3. The Labute approximate surface area is 259 Å². The summed E-state index contributed by atoms with van der Waals surface area (Å²) in [6.45, 7) is 8.81. The third-order valence-corrected chi connectivity index (χ3v) is 8.87. The molecule has 0 radical (unpaired) electrons. The van der Waals surface area contributed by atoms with E-state index in [-0.39, 0.29) is 37.2 Å². The smallest absolute Gasteiger partial charge is 0.243 e. The van der Waals surface area contributed by atoms with Gasteiger partial charge in [-0.05, 0) is 66.6 Å². The van der Waals surface area contributed by atoms with Gasteiger partial charge in [-0.15, -0.1) is 0 Å². The third-order valence-electron chi connectivity index (χ3n) is 7.19. The number of anilines is 1. The summed E-state index contributed by atoms with van der Waals surface area (Å²) in [5, 5.41) is 3.03. The molecule has 0 aromatic heterocycles. The second-order valence-electron chi connectivity index (χ2n) is 11.2. The van der Waals surface area contributed by atoms with E-state index in [2.05, 4.69) is 21.2 Å². The van der Waals surface area contributed by atoms with E-state index in [1.54, 1.807) is 11.0 Å². The molecule has 3 aromatic carbocycles. The van der Waals surface area contributed by atoms with E-state index in [1.807, 2.05) is 94.4 Å². The largest absolute Gasteiger partial charge is 0.354 e. The number of hydrogen-bond acceptors (Lipinski definition) is 4. The molecule has 0 heterocycles. The maximum absolute atomic E-state index is 14.0. The van der Waals surface area contributed by atoms with Crippen molar-refractivity contribution in [3.63, 3.8) is 0 Å². The van der Waals surface area contributed by atoms with E-state index in [4.69, 9.17) is 0 Å². The summed E-state index contributed by atoms with van der Waals surface area (Å²) in [5.74, 6) is -0.151. The predicted molar refractivity (Wildman–Crippen MR) is 174 cm³/mol. The Morgan fingerprint density at radius 1 is 0.929 bits per heavy atom. The predicted octanol–water partition coefficient (Wildman–Crippen LogP) is 6.02. The van der Waals surface area contributed by atoms with Crippen molar-refractivity contribution in [2.45, 2.75) is 59.5 Å². The van der Waals surface area contributed by atoms with E-state index in [1.165, 1.54) is 10.6 Å². The molecule has 0 saturated carbocycles. The van der Waals surface area contributed by atoms with E-state index < -0.39 is 16.1 Å². The van der Waals surface area contributed by atoms with Crippen LogP contribution in [0.4, 0.5) is 5.69 Å². The Hall–Kier alpha value is -3.17. The molecule has 0 fully saturated rings. The minimum absolute atomic E-state index is 0.0909. The van der Waals surface area contributed by atoms with Crippen LogP contribution in [0, 0.1) is 19.8 Å². The number of hydrogen-bond donors (Lipinski definition) is 1. The van der Waals surface area contributed by atoms with Gasteiger partial charge in [0.1, 0.15) is 6.04 Å². The Morgan fingerprint density at radius 3 is 2.24 bits per heavy atom. The number of rotatable bonds is 14. The molecular weight excluding hydrogens is 614 g/mol. The van der Waals surface area contributed by atoms with Gasteiger partial charge in [0.25, 0.3) is 0 Å². The number of amides is 2. The number of benzene rings is 3. The molecule has 0 saturated heterocycles. The summed E-state index contributed by atoms with van der Waals surface area (Å²) in [5.41, 5.74) is 4.34. The zero-order valence-electron chi connectivity index (χ0n) is 25.1. The number of nitrogens with zero attached hydrogens (tertiary/aromatic N) is 2. The van der Waals surface area contributed by atoms with Crippen LogP contribution < -0.4 is 9.62 Å². The first-order chi connectivity index (χ1) is 19.9. The highest BCUT2D eigenvalue weighted by Gasteiger charge is 2.30. The van der Waals surface area contributed by atoms with Crippen molar-refractivity contribution in [3.05, 3.63) is 99.5 Å². The van der Waals surface area contributed by atoms with Crippen molar-refractivity contribution in [3.8, 4) is 0 Å². The molecule has 0 unspecified atom stereocenters. The topological polar surface area (TPSA) is 86.8 Å². The summed E-state index contributed by atoms with van der Waals surface area (Å²) < 4.78 is 27.8. The van der Waals surface area contributed by atoms with Gasteiger partial charge in [-0.2, -0.15) is 0 Å². The number of aryl methyl sites for hydroxylation is 1. The first-order valence-electron chi connectivity index (χ1n) is 14.3. The molecule has 7 nitrogen and oxygen atoms in total.